The van der Waals surface area contributed by atoms with E-state index in [1.807, 2.05) is 0 Å². The van der Waals surface area contributed by atoms with E-state index in [1.54, 1.807) is 4.57 Å². The van der Waals surface area contributed by atoms with Gasteiger partial charge in [0, 0.05) is 13.3 Å². The van der Waals surface area contributed by atoms with Crippen LogP contribution in [0.3, 0.4) is 0 Å². The molecule has 1 aliphatic rings. The maximum absolute atomic E-state index is 11.6. The molecular formula is C12H14N4O5. The highest BCUT2D eigenvalue weighted by molar-refractivity contribution is 5.69. The number of fused-ring (bicyclic) bond motifs is 1. The first-order chi connectivity index (χ1) is 10.1. The standard InChI is InChI=1S/C12H14N4O5/c1-6(18)20-7-2-9(21-8(7)3-17)16-5-15-10-11(16)13-4-14-12(10)19/h4-5,7-9,17H,2-3H2,1H3,(H,13,14,19)/t7-,8+,9+/m0/s1. The fourth-order valence-electron chi connectivity index (χ4n) is 2.45. The molecule has 1 aliphatic heterocycles. The molecular weight excluding hydrogens is 280 g/mol. The molecule has 0 amide bonds. The lowest BCUT2D eigenvalue weighted by Crippen LogP contribution is -2.29. The second-order valence-corrected chi connectivity index (χ2v) is 4.75. The van der Waals surface area contributed by atoms with Gasteiger partial charge >= 0.3 is 5.97 Å². The van der Waals surface area contributed by atoms with Crippen molar-refractivity contribution < 1.29 is 19.4 Å². The van der Waals surface area contributed by atoms with Gasteiger partial charge in [0.2, 0.25) is 0 Å². The van der Waals surface area contributed by atoms with Gasteiger partial charge in [0.25, 0.3) is 5.56 Å². The molecule has 1 saturated heterocycles. The number of carbonyl (C=O) groups excluding carboxylic acids is 1. The number of aliphatic hydroxyl groups excluding tert-OH is 1. The average molecular weight is 294 g/mol. The van der Waals surface area contributed by atoms with Crippen molar-refractivity contribution in [3.05, 3.63) is 23.0 Å². The monoisotopic (exact) mass is 294 g/mol. The Labute approximate surface area is 118 Å². The largest absolute Gasteiger partial charge is 0.460 e. The molecule has 0 aromatic carbocycles. The Morgan fingerprint density at radius 2 is 2.43 bits per heavy atom. The third-order valence-corrected chi connectivity index (χ3v) is 3.35. The lowest BCUT2D eigenvalue weighted by molar-refractivity contribution is -0.150. The highest BCUT2D eigenvalue weighted by Gasteiger charge is 2.38. The summed E-state index contributed by atoms with van der Waals surface area (Å²) in [5, 5.41) is 9.31. The summed E-state index contributed by atoms with van der Waals surface area (Å²) in [6.07, 6.45) is 1.42. The molecule has 2 aromatic heterocycles. The van der Waals surface area contributed by atoms with Gasteiger partial charge in [-0.15, -0.1) is 0 Å². The van der Waals surface area contributed by atoms with Crippen molar-refractivity contribution in [3.8, 4) is 0 Å². The maximum Gasteiger partial charge on any atom is 0.302 e. The third-order valence-electron chi connectivity index (χ3n) is 3.35. The number of nitrogens with zero attached hydrogens (tertiary/aromatic N) is 3. The van der Waals surface area contributed by atoms with E-state index in [-0.39, 0.29) is 17.7 Å². The SMILES string of the molecule is CC(=O)O[C@H]1C[C@H](n2cnc3c(=O)[nH]cnc32)O[C@@H]1CO. The summed E-state index contributed by atoms with van der Waals surface area (Å²) < 4.78 is 12.4. The number of aromatic nitrogens is 4. The van der Waals surface area contributed by atoms with Gasteiger partial charge in [-0.1, -0.05) is 0 Å². The van der Waals surface area contributed by atoms with Gasteiger partial charge in [0.15, 0.2) is 11.2 Å². The number of nitrogens with one attached hydrogen (secondary N) is 1. The van der Waals surface area contributed by atoms with Crippen LogP contribution in [0.4, 0.5) is 0 Å². The summed E-state index contributed by atoms with van der Waals surface area (Å²) in [6.45, 7) is 1.03. The summed E-state index contributed by atoms with van der Waals surface area (Å²) in [5.41, 5.74) is 0.244. The Morgan fingerprint density at radius 3 is 3.14 bits per heavy atom. The molecule has 0 unspecified atom stereocenters. The van der Waals surface area contributed by atoms with Crippen LogP contribution in [-0.2, 0) is 14.3 Å². The lowest BCUT2D eigenvalue weighted by atomic mass is 10.2. The number of ether oxygens (including phenoxy) is 2. The minimum Gasteiger partial charge on any atom is -0.460 e. The van der Waals surface area contributed by atoms with E-state index in [2.05, 4.69) is 15.0 Å². The summed E-state index contributed by atoms with van der Waals surface area (Å²) in [7, 11) is 0. The molecule has 9 nitrogen and oxygen atoms in total. The number of aliphatic hydroxyl groups is 1. The number of hydrogen-bond donors (Lipinski definition) is 2. The van der Waals surface area contributed by atoms with Crippen LogP contribution < -0.4 is 5.56 Å². The average Bonchev–Trinajstić information content (AvgIpc) is 3.02. The predicted octanol–water partition coefficient (Wildman–Crippen LogP) is -0.669. The number of carbonyl (C=O) groups is 1. The van der Waals surface area contributed by atoms with Crippen LogP contribution in [0, 0.1) is 0 Å². The van der Waals surface area contributed by atoms with Gasteiger partial charge in [-0.05, 0) is 0 Å². The molecule has 2 aromatic rings. The van der Waals surface area contributed by atoms with E-state index in [9.17, 15) is 14.7 Å². The fourth-order valence-corrected chi connectivity index (χ4v) is 2.45. The van der Waals surface area contributed by atoms with Crippen LogP contribution in [0.1, 0.15) is 19.6 Å². The number of aromatic amines is 1. The topological polar surface area (TPSA) is 119 Å². The number of H-pyrrole nitrogens is 1. The van der Waals surface area contributed by atoms with Crippen molar-refractivity contribution in [1.82, 2.24) is 19.5 Å². The van der Waals surface area contributed by atoms with E-state index in [1.165, 1.54) is 19.6 Å². The first-order valence-electron chi connectivity index (χ1n) is 6.44. The van der Waals surface area contributed by atoms with Crippen LogP contribution >= 0.6 is 0 Å². The second kappa shape index (κ2) is 5.26. The zero-order chi connectivity index (χ0) is 15.0. The Bertz CT molecular complexity index is 724. The van der Waals surface area contributed by atoms with Crippen molar-refractivity contribution in [1.29, 1.82) is 0 Å². The lowest BCUT2D eigenvalue weighted by Gasteiger charge is -2.15. The van der Waals surface area contributed by atoms with Crippen LogP contribution in [0.2, 0.25) is 0 Å². The van der Waals surface area contributed by atoms with Crippen LogP contribution in [0.5, 0.6) is 0 Å². The quantitative estimate of drug-likeness (QED) is 0.720. The highest BCUT2D eigenvalue weighted by atomic mass is 16.6. The molecule has 0 saturated carbocycles. The molecule has 3 atom stereocenters. The van der Waals surface area contributed by atoms with E-state index in [4.69, 9.17) is 9.47 Å². The van der Waals surface area contributed by atoms with Crippen molar-refractivity contribution in [2.24, 2.45) is 0 Å². The Balaban J connectivity index is 1.91. The van der Waals surface area contributed by atoms with Gasteiger partial charge in [0.1, 0.15) is 18.4 Å². The van der Waals surface area contributed by atoms with E-state index < -0.39 is 24.4 Å². The van der Waals surface area contributed by atoms with Crippen molar-refractivity contribution >= 4 is 17.1 Å². The molecule has 0 spiro atoms. The Kier molecular flexibility index (Phi) is 3.43. The molecule has 112 valence electrons. The van der Waals surface area contributed by atoms with Crippen LogP contribution in [0.15, 0.2) is 17.4 Å². The zero-order valence-corrected chi connectivity index (χ0v) is 11.2. The molecule has 21 heavy (non-hydrogen) atoms. The minimum absolute atomic E-state index is 0.206. The maximum atomic E-state index is 11.6. The van der Waals surface area contributed by atoms with Crippen LogP contribution in [-0.4, -0.2) is 49.4 Å². The van der Waals surface area contributed by atoms with Crippen molar-refractivity contribution in [2.45, 2.75) is 31.8 Å². The molecule has 0 bridgehead atoms. The minimum atomic E-state index is -0.613. The summed E-state index contributed by atoms with van der Waals surface area (Å²) in [5.74, 6) is -0.437. The number of rotatable bonds is 3. The molecule has 0 aliphatic carbocycles. The van der Waals surface area contributed by atoms with Crippen LogP contribution in [0.25, 0.3) is 11.2 Å². The second-order valence-electron chi connectivity index (χ2n) is 4.75. The summed E-state index contributed by atoms with van der Waals surface area (Å²) >= 11 is 0. The first kappa shape index (κ1) is 13.7. The van der Waals surface area contributed by atoms with E-state index in [0.717, 1.165) is 0 Å². The van der Waals surface area contributed by atoms with Gasteiger partial charge in [0.05, 0.1) is 19.3 Å². The Morgan fingerprint density at radius 1 is 1.62 bits per heavy atom. The van der Waals surface area contributed by atoms with E-state index >= 15 is 0 Å². The smallest absolute Gasteiger partial charge is 0.302 e. The van der Waals surface area contributed by atoms with Gasteiger partial charge in [-0.2, -0.15) is 0 Å². The number of esters is 1. The molecule has 3 rings (SSSR count). The van der Waals surface area contributed by atoms with Gasteiger partial charge < -0.3 is 19.6 Å². The molecule has 3 heterocycles. The number of hydrogen-bond acceptors (Lipinski definition) is 7. The molecule has 9 heteroatoms. The summed E-state index contributed by atoms with van der Waals surface area (Å²) in [6, 6.07) is 0. The van der Waals surface area contributed by atoms with Crippen molar-refractivity contribution in [2.75, 3.05) is 6.61 Å². The zero-order valence-electron chi connectivity index (χ0n) is 11.2. The van der Waals surface area contributed by atoms with Crippen molar-refractivity contribution in [3.63, 3.8) is 0 Å². The fraction of sp³-hybridized carbons (Fsp3) is 0.500. The third kappa shape index (κ3) is 2.41. The normalized spacial score (nSPS) is 25.3. The Hall–Kier alpha value is -2.26. The molecule has 1 fully saturated rings. The van der Waals surface area contributed by atoms with Gasteiger partial charge in [-0.25, -0.2) is 9.97 Å². The molecule has 0 radical (unpaired) electrons. The molecule has 2 N–H and O–H groups in total. The summed E-state index contributed by atoms with van der Waals surface area (Å²) in [4.78, 5) is 33.2. The highest BCUT2D eigenvalue weighted by Crippen LogP contribution is 2.31. The van der Waals surface area contributed by atoms with Gasteiger partial charge in [-0.3, -0.25) is 14.2 Å². The first-order valence-corrected chi connectivity index (χ1v) is 6.44. The number of imidazole rings is 1. The predicted molar refractivity (Wildman–Crippen MR) is 69.3 cm³/mol. The van der Waals surface area contributed by atoms with E-state index in [0.29, 0.717) is 12.1 Å².